The summed E-state index contributed by atoms with van der Waals surface area (Å²) in [6.45, 7) is 0.355. The predicted octanol–water partition coefficient (Wildman–Crippen LogP) is 1.85. The van der Waals surface area contributed by atoms with Crippen molar-refractivity contribution in [3.8, 4) is 5.75 Å². The van der Waals surface area contributed by atoms with E-state index in [-0.39, 0.29) is 5.56 Å². The molecule has 0 aliphatic carbocycles. The molecule has 1 N–H and O–H groups in total. The number of methoxy groups -OCH3 is 1. The Labute approximate surface area is 131 Å². The van der Waals surface area contributed by atoms with Crippen molar-refractivity contribution in [2.24, 2.45) is 0 Å². The van der Waals surface area contributed by atoms with Gasteiger partial charge in [-0.15, -0.1) is 10.2 Å². The first kappa shape index (κ1) is 15.0. The maximum absolute atomic E-state index is 13.3. The van der Waals surface area contributed by atoms with Crippen LogP contribution in [0.3, 0.4) is 0 Å². The van der Waals surface area contributed by atoms with E-state index >= 15 is 0 Å². The van der Waals surface area contributed by atoms with Gasteiger partial charge >= 0.3 is 0 Å². The minimum atomic E-state index is -0.487. The Morgan fingerprint density at radius 2 is 2.17 bits per heavy atom. The number of pyridine rings is 1. The molecule has 0 saturated carbocycles. The number of ether oxygens (including phenoxy) is 1. The maximum atomic E-state index is 13.3. The Morgan fingerprint density at radius 3 is 3.00 bits per heavy atom. The molecule has 0 unspecified atom stereocenters. The number of carbonyl (C=O) groups is 1. The van der Waals surface area contributed by atoms with E-state index in [4.69, 9.17) is 4.74 Å². The lowest BCUT2D eigenvalue weighted by molar-refractivity contribution is 0.0950. The van der Waals surface area contributed by atoms with E-state index in [1.54, 1.807) is 0 Å². The molecule has 0 bridgehead atoms. The molecule has 0 spiro atoms. The van der Waals surface area contributed by atoms with Gasteiger partial charge in [0.05, 0.1) is 12.7 Å². The van der Waals surface area contributed by atoms with Gasteiger partial charge in [0.1, 0.15) is 17.4 Å². The molecule has 0 saturated heterocycles. The van der Waals surface area contributed by atoms with E-state index in [1.165, 1.54) is 19.2 Å². The fraction of sp³-hybridized carbons (Fsp3) is 0.188. The number of nitrogens with zero attached hydrogens (tertiary/aromatic N) is 3. The SMILES string of the molecule is COc1ccc(F)cc1C(=O)NCCc1nnc2ccccn12. The monoisotopic (exact) mass is 314 g/mol. The number of rotatable bonds is 5. The van der Waals surface area contributed by atoms with E-state index in [9.17, 15) is 9.18 Å². The molecule has 23 heavy (non-hydrogen) atoms. The molecular weight excluding hydrogens is 299 g/mol. The highest BCUT2D eigenvalue weighted by molar-refractivity contribution is 5.96. The van der Waals surface area contributed by atoms with E-state index < -0.39 is 11.7 Å². The molecule has 7 heteroatoms. The van der Waals surface area contributed by atoms with Gasteiger partial charge in [0, 0.05) is 19.2 Å². The smallest absolute Gasteiger partial charge is 0.255 e. The summed E-state index contributed by atoms with van der Waals surface area (Å²) in [6.07, 6.45) is 2.37. The minimum Gasteiger partial charge on any atom is -0.496 e. The molecule has 2 aromatic heterocycles. The highest BCUT2D eigenvalue weighted by Crippen LogP contribution is 2.19. The average Bonchev–Trinajstić information content (AvgIpc) is 2.98. The fourth-order valence-corrected chi connectivity index (χ4v) is 2.30. The van der Waals surface area contributed by atoms with Gasteiger partial charge in [0.15, 0.2) is 5.65 Å². The zero-order valence-electron chi connectivity index (χ0n) is 12.5. The fourth-order valence-electron chi connectivity index (χ4n) is 2.30. The molecular formula is C16H15FN4O2. The number of hydrogen-bond donors (Lipinski definition) is 1. The van der Waals surface area contributed by atoms with Gasteiger partial charge in [0.2, 0.25) is 0 Å². The van der Waals surface area contributed by atoms with E-state index in [2.05, 4.69) is 15.5 Å². The number of benzene rings is 1. The first-order chi connectivity index (χ1) is 11.2. The van der Waals surface area contributed by atoms with Crippen LogP contribution in [-0.4, -0.2) is 34.2 Å². The second-order valence-corrected chi connectivity index (χ2v) is 4.90. The van der Waals surface area contributed by atoms with Gasteiger partial charge in [-0.2, -0.15) is 0 Å². The number of nitrogens with one attached hydrogen (secondary N) is 1. The highest BCUT2D eigenvalue weighted by atomic mass is 19.1. The topological polar surface area (TPSA) is 68.5 Å². The number of halogens is 1. The average molecular weight is 314 g/mol. The van der Waals surface area contributed by atoms with Crippen LogP contribution in [0.2, 0.25) is 0 Å². The van der Waals surface area contributed by atoms with Crippen LogP contribution in [0.15, 0.2) is 42.6 Å². The Hall–Kier alpha value is -2.96. The normalized spacial score (nSPS) is 10.7. The summed E-state index contributed by atoms with van der Waals surface area (Å²) >= 11 is 0. The molecule has 0 fully saturated rings. The van der Waals surface area contributed by atoms with Crippen LogP contribution < -0.4 is 10.1 Å². The number of aromatic nitrogens is 3. The molecule has 0 radical (unpaired) electrons. The van der Waals surface area contributed by atoms with Crippen molar-refractivity contribution in [1.82, 2.24) is 19.9 Å². The zero-order chi connectivity index (χ0) is 16.2. The Balaban J connectivity index is 1.67. The first-order valence-corrected chi connectivity index (χ1v) is 7.09. The number of hydrogen-bond acceptors (Lipinski definition) is 4. The molecule has 3 aromatic rings. The second kappa shape index (κ2) is 6.43. The highest BCUT2D eigenvalue weighted by Gasteiger charge is 2.13. The Morgan fingerprint density at radius 1 is 1.30 bits per heavy atom. The van der Waals surface area contributed by atoms with Crippen molar-refractivity contribution in [2.75, 3.05) is 13.7 Å². The minimum absolute atomic E-state index is 0.165. The van der Waals surface area contributed by atoms with Crippen molar-refractivity contribution in [2.45, 2.75) is 6.42 Å². The van der Waals surface area contributed by atoms with Gasteiger partial charge in [-0.1, -0.05) is 6.07 Å². The summed E-state index contributed by atoms with van der Waals surface area (Å²) in [5, 5.41) is 10.9. The van der Waals surface area contributed by atoms with Gasteiger partial charge in [-0.3, -0.25) is 9.20 Å². The van der Waals surface area contributed by atoms with Crippen LogP contribution in [0.5, 0.6) is 5.75 Å². The van der Waals surface area contributed by atoms with Crippen LogP contribution in [0, 0.1) is 5.82 Å². The van der Waals surface area contributed by atoms with E-state index in [0.29, 0.717) is 18.7 Å². The third-order valence-corrected chi connectivity index (χ3v) is 3.42. The quantitative estimate of drug-likeness (QED) is 0.780. The predicted molar refractivity (Wildman–Crippen MR) is 82.0 cm³/mol. The molecule has 0 atom stereocenters. The van der Waals surface area contributed by atoms with Gasteiger partial charge in [-0.05, 0) is 30.3 Å². The summed E-state index contributed by atoms with van der Waals surface area (Å²) < 4.78 is 20.2. The molecule has 1 amide bonds. The van der Waals surface area contributed by atoms with Crippen molar-refractivity contribution in [3.63, 3.8) is 0 Å². The standard InChI is InChI=1S/C16H15FN4O2/c1-23-13-6-5-11(17)10-12(13)16(22)18-8-7-15-20-19-14-4-2-3-9-21(14)15/h2-6,9-10H,7-8H2,1H3,(H,18,22). The molecule has 1 aromatic carbocycles. The van der Waals surface area contributed by atoms with Crippen LogP contribution in [0.25, 0.3) is 5.65 Å². The second-order valence-electron chi connectivity index (χ2n) is 4.90. The summed E-state index contributed by atoms with van der Waals surface area (Å²) in [5.74, 6) is 0.193. The van der Waals surface area contributed by atoms with Crippen molar-refractivity contribution >= 4 is 11.6 Å². The van der Waals surface area contributed by atoms with Gasteiger partial charge in [0.25, 0.3) is 5.91 Å². The zero-order valence-corrected chi connectivity index (χ0v) is 12.5. The molecule has 2 heterocycles. The molecule has 118 valence electrons. The summed E-state index contributed by atoms with van der Waals surface area (Å²) in [4.78, 5) is 12.2. The number of amides is 1. The van der Waals surface area contributed by atoms with E-state index in [0.717, 1.165) is 17.5 Å². The van der Waals surface area contributed by atoms with Crippen LogP contribution in [0.1, 0.15) is 16.2 Å². The van der Waals surface area contributed by atoms with Crippen molar-refractivity contribution < 1.29 is 13.9 Å². The molecule has 6 nitrogen and oxygen atoms in total. The van der Waals surface area contributed by atoms with Crippen LogP contribution in [0.4, 0.5) is 4.39 Å². The number of fused-ring (bicyclic) bond motifs is 1. The molecule has 0 aliphatic rings. The maximum Gasteiger partial charge on any atom is 0.255 e. The Kier molecular flexibility index (Phi) is 4.18. The summed E-state index contributed by atoms with van der Waals surface area (Å²) in [5.41, 5.74) is 0.916. The third kappa shape index (κ3) is 3.13. The van der Waals surface area contributed by atoms with Crippen LogP contribution >= 0.6 is 0 Å². The number of carbonyl (C=O) groups excluding carboxylic acids is 1. The van der Waals surface area contributed by atoms with Gasteiger partial charge < -0.3 is 10.1 Å². The lowest BCUT2D eigenvalue weighted by Gasteiger charge is -2.09. The first-order valence-electron chi connectivity index (χ1n) is 7.09. The Bertz CT molecular complexity index is 847. The van der Waals surface area contributed by atoms with Crippen LogP contribution in [-0.2, 0) is 6.42 Å². The molecule has 3 rings (SSSR count). The largest absolute Gasteiger partial charge is 0.496 e. The van der Waals surface area contributed by atoms with Crippen molar-refractivity contribution in [1.29, 1.82) is 0 Å². The van der Waals surface area contributed by atoms with E-state index in [1.807, 2.05) is 28.8 Å². The van der Waals surface area contributed by atoms with Gasteiger partial charge in [-0.25, -0.2) is 4.39 Å². The third-order valence-electron chi connectivity index (χ3n) is 3.42. The molecule has 0 aliphatic heterocycles. The lowest BCUT2D eigenvalue weighted by atomic mass is 10.2. The van der Waals surface area contributed by atoms with Crippen molar-refractivity contribution in [3.05, 3.63) is 59.8 Å². The summed E-state index contributed by atoms with van der Waals surface area (Å²) in [7, 11) is 1.44. The summed E-state index contributed by atoms with van der Waals surface area (Å²) in [6, 6.07) is 9.45. The lowest BCUT2D eigenvalue weighted by Crippen LogP contribution is -2.26.